The SMILES string of the molecule is CCCOc1ccccc1C(=O)Cc1cccc(Cl)c1. The van der Waals surface area contributed by atoms with Gasteiger partial charge in [-0.3, -0.25) is 4.79 Å². The highest BCUT2D eigenvalue weighted by Crippen LogP contribution is 2.21. The Hall–Kier alpha value is -1.80. The number of carbonyl (C=O) groups is 1. The van der Waals surface area contributed by atoms with Gasteiger partial charge in [-0.2, -0.15) is 0 Å². The maximum absolute atomic E-state index is 12.4. The predicted molar refractivity (Wildman–Crippen MR) is 81.7 cm³/mol. The summed E-state index contributed by atoms with van der Waals surface area (Å²) in [6.45, 7) is 2.65. The van der Waals surface area contributed by atoms with Crippen LogP contribution < -0.4 is 4.74 Å². The van der Waals surface area contributed by atoms with E-state index >= 15 is 0 Å². The number of rotatable bonds is 6. The summed E-state index contributed by atoms with van der Waals surface area (Å²) in [6.07, 6.45) is 1.24. The maximum atomic E-state index is 12.4. The van der Waals surface area contributed by atoms with E-state index in [9.17, 15) is 4.79 Å². The first kappa shape index (κ1) is 14.6. The van der Waals surface area contributed by atoms with Gasteiger partial charge in [-0.1, -0.05) is 42.8 Å². The van der Waals surface area contributed by atoms with E-state index < -0.39 is 0 Å². The minimum Gasteiger partial charge on any atom is -0.493 e. The van der Waals surface area contributed by atoms with Crippen molar-refractivity contribution in [2.24, 2.45) is 0 Å². The summed E-state index contributed by atoms with van der Waals surface area (Å²) in [4.78, 5) is 12.4. The van der Waals surface area contributed by atoms with Crippen LogP contribution in [0, 0.1) is 0 Å². The van der Waals surface area contributed by atoms with Crippen molar-refractivity contribution in [1.82, 2.24) is 0 Å². The van der Waals surface area contributed by atoms with E-state index in [0.717, 1.165) is 12.0 Å². The molecule has 3 heteroatoms. The molecule has 0 aliphatic rings. The number of ketones is 1. The molecule has 0 aliphatic carbocycles. The van der Waals surface area contributed by atoms with E-state index in [4.69, 9.17) is 16.3 Å². The Labute approximate surface area is 124 Å². The van der Waals surface area contributed by atoms with Crippen LogP contribution in [-0.4, -0.2) is 12.4 Å². The largest absolute Gasteiger partial charge is 0.493 e. The molecule has 0 spiro atoms. The van der Waals surface area contributed by atoms with Crippen LogP contribution in [0.5, 0.6) is 5.75 Å². The minimum absolute atomic E-state index is 0.0407. The van der Waals surface area contributed by atoms with Crippen LogP contribution in [0.1, 0.15) is 29.3 Å². The van der Waals surface area contributed by atoms with Gasteiger partial charge < -0.3 is 4.74 Å². The topological polar surface area (TPSA) is 26.3 Å². The Morgan fingerprint density at radius 2 is 1.95 bits per heavy atom. The van der Waals surface area contributed by atoms with Gasteiger partial charge in [0.05, 0.1) is 12.2 Å². The zero-order valence-electron chi connectivity index (χ0n) is 11.4. The Morgan fingerprint density at radius 3 is 2.70 bits per heavy atom. The van der Waals surface area contributed by atoms with Gasteiger partial charge in [0.2, 0.25) is 0 Å². The molecule has 104 valence electrons. The lowest BCUT2D eigenvalue weighted by atomic mass is 10.0. The standard InChI is InChI=1S/C17H17ClO2/c1-2-10-20-17-9-4-3-8-15(17)16(19)12-13-6-5-7-14(18)11-13/h3-9,11H,2,10,12H2,1H3. The summed E-state index contributed by atoms with van der Waals surface area (Å²) >= 11 is 5.94. The molecule has 0 aromatic heterocycles. The minimum atomic E-state index is 0.0407. The molecule has 2 aromatic rings. The van der Waals surface area contributed by atoms with Crippen molar-refractivity contribution >= 4 is 17.4 Å². The van der Waals surface area contributed by atoms with Gasteiger partial charge in [-0.15, -0.1) is 0 Å². The number of carbonyl (C=O) groups excluding carboxylic acids is 1. The second kappa shape index (κ2) is 7.11. The van der Waals surface area contributed by atoms with Gasteiger partial charge in [0.15, 0.2) is 5.78 Å². The summed E-state index contributed by atoms with van der Waals surface area (Å²) in [6, 6.07) is 14.7. The fourth-order valence-corrected chi connectivity index (χ4v) is 2.18. The van der Waals surface area contributed by atoms with Crippen LogP contribution in [0.4, 0.5) is 0 Å². The third-order valence-corrected chi connectivity index (χ3v) is 3.14. The number of Topliss-reactive ketones (excluding diaryl/α,β-unsaturated/α-hetero) is 1. The first-order chi connectivity index (χ1) is 9.70. The molecule has 0 radical (unpaired) electrons. The van der Waals surface area contributed by atoms with Gasteiger partial charge in [-0.05, 0) is 36.2 Å². The molecule has 0 bridgehead atoms. The molecule has 0 heterocycles. The highest BCUT2D eigenvalue weighted by atomic mass is 35.5. The number of ether oxygens (including phenoxy) is 1. The number of halogens is 1. The van der Waals surface area contributed by atoms with Gasteiger partial charge in [0, 0.05) is 11.4 Å². The average molecular weight is 289 g/mol. The van der Waals surface area contributed by atoms with Gasteiger partial charge in [0.1, 0.15) is 5.75 Å². The van der Waals surface area contributed by atoms with Crippen molar-refractivity contribution in [3.8, 4) is 5.75 Å². The van der Waals surface area contributed by atoms with Crippen LogP contribution in [0.15, 0.2) is 48.5 Å². The summed E-state index contributed by atoms with van der Waals surface area (Å²) in [5.41, 5.74) is 1.54. The lowest BCUT2D eigenvalue weighted by Gasteiger charge is -2.10. The molecule has 0 atom stereocenters. The molecule has 0 saturated carbocycles. The lowest BCUT2D eigenvalue weighted by molar-refractivity contribution is 0.0989. The van der Waals surface area contributed by atoms with Crippen LogP contribution in [0.2, 0.25) is 5.02 Å². The van der Waals surface area contributed by atoms with E-state index in [1.54, 1.807) is 12.1 Å². The Bertz CT molecular complexity index is 593. The van der Waals surface area contributed by atoms with Crippen LogP contribution in [-0.2, 0) is 6.42 Å². The van der Waals surface area contributed by atoms with E-state index in [-0.39, 0.29) is 5.78 Å². The zero-order chi connectivity index (χ0) is 14.4. The summed E-state index contributed by atoms with van der Waals surface area (Å²) < 4.78 is 5.62. The molecule has 2 rings (SSSR count). The first-order valence-electron chi connectivity index (χ1n) is 6.70. The number of hydrogen-bond acceptors (Lipinski definition) is 2. The van der Waals surface area contributed by atoms with Crippen molar-refractivity contribution in [1.29, 1.82) is 0 Å². The third-order valence-electron chi connectivity index (χ3n) is 2.90. The fourth-order valence-electron chi connectivity index (χ4n) is 1.96. The second-order valence-electron chi connectivity index (χ2n) is 4.57. The van der Waals surface area contributed by atoms with Crippen molar-refractivity contribution in [3.63, 3.8) is 0 Å². The van der Waals surface area contributed by atoms with Crippen molar-refractivity contribution in [2.45, 2.75) is 19.8 Å². The zero-order valence-corrected chi connectivity index (χ0v) is 12.2. The molecule has 0 fully saturated rings. The van der Waals surface area contributed by atoms with Crippen molar-refractivity contribution in [2.75, 3.05) is 6.61 Å². The number of para-hydroxylation sites is 1. The highest BCUT2D eigenvalue weighted by Gasteiger charge is 2.12. The van der Waals surface area contributed by atoms with E-state index in [1.165, 1.54) is 0 Å². The van der Waals surface area contributed by atoms with E-state index in [1.807, 2.05) is 43.3 Å². The van der Waals surface area contributed by atoms with Gasteiger partial charge >= 0.3 is 0 Å². The first-order valence-corrected chi connectivity index (χ1v) is 7.08. The van der Waals surface area contributed by atoms with Gasteiger partial charge in [-0.25, -0.2) is 0 Å². The molecular formula is C17H17ClO2. The molecule has 20 heavy (non-hydrogen) atoms. The molecule has 0 unspecified atom stereocenters. The highest BCUT2D eigenvalue weighted by molar-refractivity contribution is 6.30. The Balaban J connectivity index is 2.16. The monoisotopic (exact) mass is 288 g/mol. The second-order valence-corrected chi connectivity index (χ2v) is 5.01. The van der Waals surface area contributed by atoms with Crippen LogP contribution >= 0.6 is 11.6 Å². The maximum Gasteiger partial charge on any atom is 0.170 e. The lowest BCUT2D eigenvalue weighted by Crippen LogP contribution is -2.07. The molecule has 0 aliphatic heterocycles. The quantitative estimate of drug-likeness (QED) is 0.729. The van der Waals surface area contributed by atoms with Crippen molar-refractivity contribution < 1.29 is 9.53 Å². The molecule has 0 amide bonds. The van der Waals surface area contributed by atoms with Crippen molar-refractivity contribution in [3.05, 3.63) is 64.7 Å². The van der Waals surface area contributed by atoms with E-state index in [0.29, 0.717) is 29.4 Å². The Kier molecular flexibility index (Phi) is 5.19. The van der Waals surface area contributed by atoms with E-state index in [2.05, 4.69) is 0 Å². The Morgan fingerprint density at radius 1 is 1.15 bits per heavy atom. The third kappa shape index (κ3) is 3.84. The molecule has 0 N–H and O–H groups in total. The average Bonchev–Trinajstić information content (AvgIpc) is 2.45. The van der Waals surface area contributed by atoms with Gasteiger partial charge in [0.25, 0.3) is 0 Å². The van der Waals surface area contributed by atoms with Crippen LogP contribution in [0.3, 0.4) is 0 Å². The summed E-state index contributed by atoms with van der Waals surface area (Å²) in [5.74, 6) is 0.695. The molecule has 0 saturated heterocycles. The number of benzene rings is 2. The summed E-state index contributed by atoms with van der Waals surface area (Å²) in [7, 11) is 0. The fraction of sp³-hybridized carbons (Fsp3) is 0.235. The molecule has 2 nitrogen and oxygen atoms in total. The smallest absolute Gasteiger partial charge is 0.170 e. The normalized spacial score (nSPS) is 10.3. The molecule has 2 aromatic carbocycles. The molecular weight excluding hydrogens is 272 g/mol. The van der Waals surface area contributed by atoms with Crippen LogP contribution in [0.25, 0.3) is 0 Å². The predicted octanol–water partition coefficient (Wildman–Crippen LogP) is 4.55. The number of hydrogen-bond donors (Lipinski definition) is 0. The summed E-state index contributed by atoms with van der Waals surface area (Å²) in [5, 5.41) is 0.644.